The number of hydrogen-bond donors (Lipinski definition) is 2. The van der Waals surface area contributed by atoms with Crippen LogP contribution in [0.4, 0.5) is 0 Å². The van der Waals surface area contributed by atoms with Crippen LogP contribution in [0.2, 0.25) is 0 Å². The number of rotatable bonds is 5. The molecule has 1 unspecified atom stereocenters. The predicted octanol–water partition coefficient (Wildman–Crippen LogP) is 2.11. The van der Waals surface area contributed by atoms with Crippen molar-refractivity contribution < 1.29 is 4.79 Å². The van der Waals surface area contributed by atoms with E-state index in [9.17, 15) is 4.79 Å². The molecule has 1 amide bonds. The molecule has 0 saturated heterocycles. The average molecular weight is 246 g/mol. The van der Waals surface area contributed by atoms with E-state index < -0.39 is 0 Å². The highest BCUT2D eigenvalue weighted by Crippen LogP contribution is 2.29. The van der Waals surface area contributed by atoms with Gasteiger partial charge in [0.1, 0.15) is 0 Å². The maximum atomic E-state index is 12.2. The molecule has 18 heavy (non-hydrogen) atoms. The van der Waals surface area contributed by atoms with Crippen molar-refractivity contribution in [1.82, 2.24) is 5.32 Å². The lowest BCUT2D eigenvalue weighted by atomic mass is 9.80. The molecule has 0 aromatic heterocycles. The minimum absolute atomic E-state index is 0.0402. The van der Waals surface area contributed by atoms with Gasteiger partial charge in [0.15, 0.2) is 0 Å². The van der Waals surface area contributed by atoms with Crippen LogP contribution in [0, 0.1) is 5.92 Å². The van der Waals surface area contributed by atoms with Gasteiger partial charge in [-0.1, -0.05) is 24.6 Å². The number of carbonyl (C=O) groups is 1. The highest BCUT2D eigenvalue weighted by molar-refractivity contribution is 5.95. The van der Waals surface area contributed by atoms with Crippen LogP contribution in [0.15, 0.2) is 24.3 Å². The monoisotopic (exact) mass is 246 g/mol. The molecular formula is C15H22N2O. The molecule has 2 rings (SSSR count). The highest BCUT2D eigenvalue weighted by Gasteiger charge is 2.25. The lowest BCUT2D eigenvalue weighted by Crippen LogP contribution is -2.41. The summed E-state index contributed by atoms with van der Waals surface area (Å²) in [5.74, 6) is 0.703. The van der Waals surface area contributed by atoms with Gasteiger partial charge in [-0.2, -0.15) is 0 Å². The summed E-state index contributed by atoms with van der Waals surface area (Å²) in [5.41, 5.74) is 7.39. The molecule has 1 aliphatic carbocycles. The van der Waals surface area contributed by atoms with Gasteiger partial charge >= 0.3 is 0 Å². The standard InChI is InChI=1S/C15H22N2O/c1-11(12-6-4-7-12)17-15(18)14-8-3-2-5-13(14)9-10-16/h2-3,5,8,11-12H,4,6-7,9-10,16H2,1H3,(H,17,18). The van der Waals surface area contributed by atoms with Crippen LogP contribution in [-0.4, -0.2) is 18.5 Å². The van der Waals surface area contributed by atoms with Crippen LogP contribution in [0.3, 0.4) is 0 Å². The largest absolute Gasteiger partial charge is 0.349 e. The van der Waals surface area contributed by atoms with Crippen LogP contribution in [-0.2, 0) is 6.42 Å². The molecule has 3 N–H and O–H groups in total. The molecular weight excluding hydrogens is 224 g/mol. The lowest BCUT2D eigenvalue weighted by Gasteiger charge is -2.32. The second-order valence-corrected chi connectivity index (χ2v) is 5.15. The molecule has 3 nitrogen and oxygen atoms in total. The molecule has 0 spiro atoms. The van der Waals surface area contributed by atoms with Gasteiger partial charge in [0.25, 0.3) is 5.91 Å². The van der Waals surface area contributed by atoms with Crippen LogP contribution in [0.1, 0.15) is 42.1 Å². The number of carbonyl (C=O) groups excluding carboxylic acids is 1. The van der Waals surface area contributed by atoms with E-state index in [4.69, 9.17) is 5.73 Å². The summed E-state index contributed by atoms with van der Waals surface area (Å²) in [6, 6.07) is 8.00. The van der Waals surface area contributed by atoms with Crippen molar-refractivity contribution >= 4 is 5.91 Å². The van der Waals surface area contributed by atoms with Gasteiger partial charge in [-0.05, 0) is 50.3 Å². The first-order valence-corrected chi connectivity index (χ1v) is 6.81. The molecule has 0 radical (unpaired) electrons. The zero-order valence-corrected chi connectivity index (χ0v) is 11.0. The van der Waals surface area contributed by atoms with Crippen LogP contribution in [0.25, 0.3) is 0 Å². The van der Waals surface area contributed by atoms with Crippen molar-refractivity contribution in [2.45, 2.75) is 38.6 Å². The number of nitrogens with two attached hydrogens (primary N) is 1. The zero-order valence-electron chi connectivity index (χ0n) is 11.0. The van der Waals surface area contributed by atoms with E-state index in [2.05, 4.69) is 12.2 Å². The molecule has 0 bridgehead atoms. The molecule has 1 aliphatic rings. The Morgan fingerprint density at radius 2 is 2.17 bits per heavy atom. The first-order chi connectivity index (χ1) is 8.72. The van der Waals surface area contributed by atoms with Crippen LogP contribution >= 0.6 is 0 Å². The Labute approximate surface area is 109 Å². The average Bonchev–Trinajstić information content (AvgIpc) is 2.27. The summed E-state index contributed by atoms with van der Waals surface area (Å²) >= 11 is 0. The summed E-state index contributed by atoms with van der Waals surface area (Å²) in [6.45, 7) is 2.68. The molecule has 1 saturated carbocycles. The second kappa shape index (κ2) is 6.01. The molecule has 0 heterocycles. The SMILES string of the molecule is CC(NC(=O)c1ccccc1CCN)C1CCC1. The van der Waals surface area contributed by atoms with Gasteiger partial charge in [-0.15, -0.1) is 0 Å². The quantitative estimate of drug-likeness (QED) is 0.836. The molecule has 0 aliphatic heterocycles. The Hall–Kier alpha value is -1.35. The summed E-state index contributed by atoms with van der Waals surface area (Å²) in [5, 5.41) is 3.12. The van der Waals surface area contributed by atoms with Crippen molar-refractivity contribution in [3.63, 3.8) is 0 Å². The van der Waals surface area contributed by atoms with Crippen LogP contribution < -0.4 is 11.1 Å². The fourth-order valence-electron chi connectivity index (χ4n) is 2.46. The number of nitrogens with one attached hydrogen (secondary N) is 1. The molecule has 1 aromatic rings. The summed E-state index contributed by atoms with van der Waals surface area (Å²) in [6.07, 6.45) is 4.54. The fourth-order valence-corrected chi connectivity index (χ4v) is 2.46. The molecule has 1 aromatic carbocycles. The molecule has 3 heteroatoms. The third-order valence-corrected chi connectivity index (χ3v) is 3.89. The lowest BCUT2D eigenvalue weighted by molar-refractivity contribution is 0.0908. The summed E-state index contributed by atoms with van der Waals surface area (Å²) < 4.78 is 0. The smallest absolute Gasteiger partial charge is 0.251 e. The van der Waals surface area contributed by atoms with E-state index in [1.54, 1.807) is 0 Å². The van der Waals surface area contributed by atoms with Crippen molar-refractivity contribution in [2.24, 2.45) is 11.7 Å². The second-order valence-electron chi connectivity index (χ2n) is 5.15. The van der Waals surface area contributed by atoms with Gasteiger partial charge in [0, 0.05) is 11.6 Å². The van der Waals surface area contributed by atoms with Crippen molar-refractivity contribution in [2.75, 3.05) is 6.54 Å². The van der Waals surface area contributed by atoms with Gasteiger partial charge in [-0.25, -0.2) is 0 Å². The van der Waals surface area contributed by atoms with Crippen molar-refractivity contribution in [3.05, 3.63) is 35.4 Å². The molecule has 1 fully saturated rings. The van der Waals surface area contributed by atoms with E-state index in [1.165, 1.54) is 19.3 Å². The number of amides is 1. The van der Waals surface area contributed by atoms with Gasteiger partial charge in [0.05, 0.1) is 0 Å². The van der Waals surface area contributed by atoms with Gasteiger partial charge in [0.2, 0.25) is 0 Å². The van der Waals surface area contributed by atoms with E-state index in [0.29, 0.717) is 12.5 Å². The van der Waals surface area contributed by atoms with E-state index in [0.717, 1.165) is 17.5 Å². The maximum Gasteiger partial charge on any atom is 0.251 e. The molecule has 1 atom stereocenters. The highest BCUT2D eigenvalue weighted by atomic mass is 16.1. The summed E-state index contributed by atoms with van der Waals surface area (Å²) in [4.78, 5) is 12.2. The number of benzene rings is 1. The minimum atomic E-state index is 0.0402. The van der Waals surface area contributed by atoms with Gasteiger partial charge in [-0.3, -0.25) is 4.79 Å². The Bertz CT molecular complexity index is 413. The first-order valence-electron chi connectivity index (χ1n) is 6.81. The van der Waals surface area contributed by atoms with E-state index in [1.807, 2.05) is 24.3 Å². The maximum absolute atomic E-state index is 12.2. The van der Waals surface area contributed by atoms with Crippen LogP contribution in [0.5, 0.6) is 0 Å². The third-order valence-electron chi connectivity index (χ3n) is 3.89. The normalized spacial score (nSPS) is 17.0. The minimum Gasteiger partial charge on any atom is -0.349 e. The Morgan fingerprint density at radius 3 is 2.78 bits per heavy atom. The Morgan fingerprint density at radius 1 is 1.44 bits per heavy atom. The Balaban J connectivity index is 2.03. The van der Waals surface area contributed by atoms with E-state index in [-0.39, 0.29) is 11.9 Å². The number of hydrogen-bond acceptors (Lipinski definition) is 2. The zero-order chi connectivity index (χ0) is 13.0. The molecule has 98 valence electrons. The third kappa shape index (κ3) is 2.91. The fraction of sp³-hybridized carbons (Fsp3) is 0.533. The van der Waals surface area contributed by atoms with Gasteiger partial charge < -0.3 is 11.1 Å². The summed E-state index contributed by atoms with van der Waals surface area (Å²) in [7, 11) is 0. The topological polar surface area (TPSA) is 55.1 Å². The Kier molecular flexibility index (Phi) is 4.37. The first kappa shape index (κ1) is 13.1. The van der Waals surface area contributed by atoms with Crippen molar-refractivity contribution in [3.8, 4) is 0 Å². The predicted molar refractivity (Wildman–Crippen MR) is 73.5 cm³/mol. The van der Waals surface area contributed by atoms with Crippen molar-refractivity contribution in [1.29, 1.82) is 0 Å². The van der Waals surface area contributed by atoms with E-state index >= 15 is 0 Å².